The van der Waals surface area contributed by atoms with Crippen LogP contribution in [0.15, 0.2) is 24.3 Å². The highest BCUT2D eigenvalue weighted by atomic mass is 35.5. The summed E-state index contributed by atoms with van der Waals surface area (Å²) < 4.78 is 55.5. The molecule has 10 heteroatoms. The van der Waals surface area contributed by atoms with Crippen LogP contribution in [0.5, 0.6) is 5.75 Å². The highest BCUT2D eigenvalue weighted by Crippen LogP contribution is 2.36. The van der Waals surface area contributed by atoms with Gasteiger partial charge in [-0.1, -0.05) is 18.2 Å². The first-order valence-electron chi connectivity index (χ1n) is 7.21. The minimum absolute atomic E-state index is 0. The molecule has 1 heterocycles. The van der Waals surface area contributed by atoms with Gasteiger partial charge in [-0.3, -0.25) is 4.90 Å². The van der Waals surface area contributed by atoms with E-state index in [0.29, 0.717) is 31.7 Å². The van der Waals surface area contributed by atoms with Crippen molar-refractivity contribution >= 4 is 24.8 Å². The van der Waals surface area contributed by atoms with Crippen LogP contribution in [0.1, 0.15) is 18.0 Å². The van der Waals surface area contributed by atoms with Gasteiger partial charge in [-0.15, -0.1) is 24.8 Å². The summed E-state index contributed by atoms with van der Waals surface area (Å²) in [6.07, 6.45) is -8.44. The fraction of sp³-hybridized carbons (Fsp3) is 0.533. The zero-order valence-corrected chi connectivity index (χ0v) is 14.8. The SMILES string of the molecule is Cl.Cl.N#CC[C@H](c1ccccc1OC(F)(F)C(F)F)N1CCNCC1. The molecular formula is C15H19Cl2F4N3O. The zero-order chi connectivity index (χ0) is 16.9. The van der Waals surface area contributed by atoms with E-state index in [2.05, 4.69) is 10.1 Å². The normalized spacial score (nSPS) is 16.3. The van der Waals surface area contributed by atoms with Crippen LogP contribution in [0.25, 0.3) is 0 Å². The first-order valence-corrected chi connectivity index (χ1v) is 7.21. The molecular weight excluding hydrogens is 385 g/mol. The van der Waals surface area contributed by atoms with Crippen molar-refractivity contribution in [3.63, 3.8) is 0 Å². The Morgan fingerprint density at radius 3 is 2.36 bits per heavy atom. The summed E-state index contributed by atoms with van der Waals surface area (Å²) in [7, 11) is 0. The van der Waals surface area contributed by atoms with Gasteiger partial charge in [-0.25, -0.2) is 0 Å². The van der Waals surface area contributed by atoms with Gasteiger partial charge in [0.05, 0.1) is 18.5 Å². The molecule has 2 rings (SSSR count). The van der Waals surface area contributed by atoms with Gasteiger partial charge in [0.2, 0.25) is 0 Å². The number of benzene rings is 1. The molecule has 1 N–H and O–H groups in total. The second kappa shape index (κ2) is 10.7. The van der Waals surface area contributed by atoms with Gasteiger partial charge in [0.1, 0.15) is 5.75 Å². The Hall–Kier alpha value is -1.27. The molecule has 0 unspecified atom stereocenters. The lowest BCUT2D eigenvalue weighted by Gasteiger charge is -2.35. The summed E-state index contributed by atoms with van der Waals surface area (Å²) in [6, 6.07) is 7.33. The maximum absolute atomic E-state index is 13.2. The summed E-state index contributed by atoms with van der Waals surface area (Å²) in [4.78, 5) is 1.96. The van der Waals surface area contributed by atoms with E-state index in [9.17, 15) is 17.6 Å². The number of nitrogens with zero attached hydrogens (tertiary/aromatic N) is 2. The van der Waals surface area contributed by atoms with E-state index in [-0.39, 0.29) is 37.0 Å². The second-order valence-corrected chi connectivity index (χ2v) is 5.17. The quantitative estimate of drug-likeness (QED) is 0.736. The molecule has 1 atom stereocenters. The zero-order valence-electron chi connectivity index (χ0n) is 13.1. The van der Waals surface area contributed by atoms with Crippen LogP contribution in [-0.2, 0) is 0 Å². The lowest BCUT2D eigenvalue weighted by Crippen LogP contribution is -2.45. The van der Waals surface area contributed by atoms with Gasteiger partial charge >= 0.3 is 12.5 Å². The molecule has 1 saturated heterocycles. The van der Waals surface area contributed by atoms with Crippen LogP contribution in [0, 0.1) is 11.3 Å². The summed E-state index contributed by atoms with van der Waals surface area (Å²) in [5.74, 6) is -0.323. The topological polar surface area (TPSA) is 48.3 Å². The molecule has 1 aliphatic heterocycles. The van der Waals surface area contributed by atoms with E-state index in [1.807, 2.05) is 11.0 Å². The average molecular weight is 404 g/mol. The van der Waals surface area contributed by atoms with Crippen molar-refractivity contribution in [2.24, 2.45) is 0 Å². The van der Waals surface area contributed by atoms with Crippen LogP contribution in [0.4, 0.5) is 17.6 Å². The van der Waals surface area contributed by atoms with E-state index in [1.54, 1.807) is 6.07 Å². The molecule has 4 nitrogen and oxygen atoms in total. The van der Waals surface area contributed by atoms with Gasteiger partial charge in [0, 0.05) is 31.7 Å². The predicted octanol–water partition coefficient (Wildman–Crippen LogP) is 3.63. The minimum atomic E-state index is -4.57. The highest BCUT2D eigenvalue weighted by molar-refractivity contribution is 5.85. The standard InChI is InChI=1S/C15H17F4N3O.2ClH/c16-14(17)15(18,19)23-13-4-2-1-3-11(13)12(5-6-20)22-9-7-21-8-10-22;;/h1-4,12,14,21H,5,7-10H2;2*1H/t12-;;/m1../s1. The van der Waals surface area contributed by atoms with Crippen LogP contribution in [0.3, 0.4) is 0 Å². The Labute approximate surface area is 155 Å². The number of ether oxygens (including phenoxy) is 1. The molecule has 0 bridgehead atoms. The van der Waals surface area contributed by atoms with Crippen LogP contribution in [-0.4, -0.2) is 43.6 Å². The maximum Gasteiger partial charge on any atom is 0.461 e. The number of hydrogen-bond donors (Lipinski definition) is 1. The molecule has 0 amide bonds. The number of alkyl halides is 4. The summed E-state index contributed by atoms with van der Waals surface area (Å²) in [6.45, 7) is 2.67. The molecule has 142 valence electrons. The average Bonchev–Trinajstić information content (AvgIpc) is 2.54. The Bertz CT molecular complexity index is 566. The third-order valence-electron chi connectivity index (χ3n) is 3.66. The largest absolute Gasteiger partial charge is 0.461 e. The molecule has 1 aromatic rings. The molecule has 0 aliphatic carbocycles. The molecule has 0 saturated carbocycles. The van der Waals surface area contributed by atoms with Crippen LogP contribution < -0.4 is 10.1 Å². The highest BCUT2D eigenvalue weighted by Gasteiger charge is 2.44. The third-order valence-corrected chi connectivity index (χ3v) is 3.66. The molecule has 1 fully saturated rings. The Balaban J connectivity index is 0.00000288. The van der Waals surface area contributed by atoms with E-state index in [4.69, 9.17) is 5.26 Å². The van der Waals surface area contributed by atoms with Crippen molar-refractivity contribution in [2.75, 3.05) is 26.2 Å². The van der Waals surface area contributed by atoms with E-state index < -0.39 is 18.6 Å². The van der Waals surface area contributed by atoms with Crippen molar-refractivity contribution in [1.29, 1.82) is 5.26 Å². The lowest BCUT2D eigenvalue weighted by atomic mass is 10.0. The third kappa shape index (κ3) is 6.19. The molecule has 0 radical (unpaired) electrons. The summed E-state index contributed by atoms with van der Waals surface area (Å²) in [5.41, 5.74) is 0.316. The first kappa shape index (κ1) is 23.7. The molecule has 1 aromatic carbocycles. The number of nitrogens with one attached hydrogen (secondary N) is 1. The van der Waals surface area contributed by atoms with Crippen molar-refractivity contribution in [1.82, 2.24) is 10.2 Å². The van der Waals surface area contributed by atoms with E-state index in [0.717, 1.165) is 0 Å². The van der Waals surface area contributed by atoms with Crippen LogP contribution in [0.2, 0.25) is 0 Å². The van der Waals surface area contributed by atoms with Gasteiger partial charge in [0.15, 0.2) is 0 Å². The van der Waals surface area contributed by atoms with Crippen LogP contribution >= 0.6 is 24.8 Å². The van der Waals surface area contributed by atoms with Crippen molar-refractivity contribution in [3.05, 3.63) is 29.8 Å². The van der Waals surface area contributed by atoms with E-state index >= 15 is 0 Å². The van der Waals surface area contributed by atoms with Gasteiger partial charge < -0.3 is 10.1 Å². The fourth-order valence-corrected chi connectivity index (χ4v) is 2.56. The number of rotatable bonds is 6. The molecule has 1 aliphatic rings. The number of piperazine rings is 1. The monoisotopic (exact) mass is 403 g/mol. The number of nitriles is 1. The van der Waals surface area contributed by atoms with Crippen molar-refractivity contribution < 1.29 is 22.3 Å². The smallest absolute Gasteiger partial charge is 0.428 e. The van der Waals surface area contributed by atoms with Crippen molar-refractivity contribution in [2.45, 2.75) is 25.0 Å². The number of hydrogen-bond acceptors (Lipinski definition) is 4. The van der Waals surface area contributed by atoms with E-state index in [1.165, 1.54) is 18.2 Å². The Morgan fingerprint density at radius 2 is 1.80 bits per heavy atom. The van der Waals surface area contributed by atoms with Crippen molar-refractivity contribution in [3.8, 4) is 11.8 Å². The number of halogens is 6. The fourth-order valence-electron chi connectivity index (χ4n) is 2.56. The maximum atomic E-state index is 13.2. The Kier molecular flexibility index (Phi) is 10.1. The molecule has 0 spiro atoms. The van der Waals surface area contributed by atoms with Gasteiger partial charge in [0.25, 0.3) is 0 Å². The second-order valence-electron chi connectivity index (χ2n) is 5.17. The summed E-state index contributed by atoms with van der Waals surface area (Å²) in [5, 5.41) is 12.2. The van der Waals surface area contributed by atoms with Gasteiger partial charge in [-0.2, -0.15) is 22.8 Å². The first-order chi connectivity index (χ1) is 11.0. The Morgan fingerprint density at radius 1 is 1.20 bits per heavy atom. The molecule has 0 aromatic heterocycles. The lowest BCUT2D eigenvalue weighted by molar-refractivity contribution is -0.253. The predicted molar refractivity (Wildman–Crippen MR) is 89.9 cm³/mol. The number of para-hydroxylation sites is 1. The molecule has 25 heavy (non-hydrogen) atoms. The summed E-state index contributed by atoms with van der Waals surface area (Å²) >= 11 is 0. The minimum Gasteiger partial charge on any atom is -0.428 e. The van der Waals surface area contributed by atoms with Gasteiger partial charge in [-0.05, 0) is 6.07 Å².